The monoisotopic (exact) mass is 352 g/mol. The molecule has 0 aliphatic carbocycles. The largest absolute Gasteiger partial charge is 0.416 e. The Bertz CT molecular complexity index is 494. The Morgan fingerprint density at radius 2 is 2.00 bits per heavy atom. The molecule has 0 saturated carbocycles. The van der Waals surface area contributed by atoms with Gasteiger partial charge in [0.25, 0.3) is 0 Å². The van der Waals surface area contributed by atoms with E-state index in [1.165, 1.54) is 6.07 Å². The van der Waals surface area contributed by atoms with Crippen LogP contribution in [0.2, 0.25) is 0 Å². The van der Waals surface area contributed by atoms with Crippen molar-refractivity contribution in [1.29, 1.82) is 0 Å². The van der Waals surface area contributed by atoms with Crippen LogP contribution in [0.5, 0.6) is 0 Å². The molecule has 0 heterocycles. The van der Waals surface area contributed by atoms with E-state index in [-0.39, 0.29) is 24.4 Å². The summed E-state index contributed by atoms with van der Waals surface area (Å²) < 4.78 is 38.4. The third kappa shape index (κ3) is 6.39. The van der Waals surface area contributed by atoms with Crippen molar-refractivity contribution >= 4 is 18.3 Å². The number of hydrogen-bond acceptors (Lipinski definition) is 2. The average molecular weight is 353 g/mol. The minimum Gasteiger partial charge on any atom is -0.336 e. The lowest BCUT2D eigenvalue weighted by Crippen LogP contribution is -2.33. The van der Waals surface area contributed by atoms with Crippen LogP contribution >= 0.6 is 12.4 Å². The van der Waals surface area contributed by atoms with Crippen LogP contribution in [0.3, 0.4) is 0 Å². The lowest BCUT2D eigenvalue weighted by atomic mass is 10.0. The van der Waals surface area contributed by atoms with Gasteiger partial charge in [0, 0.05) is 13.0 Å². The first-order chi connectivity index (χ1) is 10.3. The summed E-state index contributed by atoms with van der Waals surface area (Å²) in [5.41, 5.74) is -0.186. The zero-order valence-electron chi connectivity index (χ0n) is 13.6. The average Bonchev–Trinajstić information content (AvgIpc) is 2.47. The highest BCUT2D eigenvalue weighted by molar-refractivity contribution is 5.85. The summed E-state index contributed by atoms with van der Waals surface area (Å²) in [7, 11) is 1.81. The maximum Gasteiger partial charge on any atom is 0.416 e. The SMILES string of the molecule is CCN(C(=O)CCCNC)C(C)c1cccc(C(F)(F)F)c1.Cl. The molecule has 1 atom stereocenters. The van der Waals surface area contributed by atoms with Crippen LogP contribution in [-0.2, 0) is 11.0 Å². The van der Waals surface area contributed by atoms with Crippen LogP contribution in [-0.4, -0.2) is 30.9 Å². The van der Waals surface area contributed by atoms with E-state index >= 15 is 0 Å². The first kappa shape index (κ1) is 21.7. The van der Waals surface area contributed by atoms with Gasteiger partial charge in [-0.3, -0.25) is 4.79 Å². The Hall–Kier alpha value is -1.27. The second-order valence-electron chi connectivity index (χ2n) is 5.19. The Morgan fingerprint density at radius 1 is 1.35 bits per heavy atom. The first-order valence-electron chi connectivity index (χ1n) is 7.42. The molecule has 1 N–H and O–H groups in total. The van der Waals surface area contributed by atoms with Gasteiger partial charge in [-0.25, -0.2) is 0 Å². The molecule has 7 heteroatoms. The first-order valence-corrected chi connectivity index (χ1v) is 7.42. The van der Waals surface area contributed by atoms with Crippen LogP contribution < -0.4 is 5.32 Å². The predicted octanol–water partition coefficient (Wildman–Crippen LogP) is 4.04. The number of carbonyl (C=O) groups is 1. The number of halogens is 4. The zero-order chi connectivity index (χ0) is 16.8. The van der Waals surface area contributed by atoms with Crippen molar-refractivity contribution in [3.63, 3.8) is 0 Å². The third-order valence-electron chi connectivity index (χ3n) is 3.64. The van der Waals surface area contributed by atoms with E-state index in [2.05, 4.69) is 5.32 Å². The molecular weight excluding hydrogens is 329 g/mol. The van der Waals surface area contributed by atoms with E-state index in [1.54, 1.807) is 17.9 Å². The second kappa shape index (κ2) is 9.78. The summed E-state index contributed by atoms with van der Waals surface area (Å²) in [5.74, 6) is -0.0392. The zero-order valence-corrected chi connectivity index (χ0v) is 14.4. The number of amides is 1. The molecule has 1 aromatic carbocycles. The summed E-state index contributed by atoms with van der Waals surface area (Å²) >= 11 is 0. The van der Waals surface area contributed by atoms with Crippen molar-refractivity contribution in [2.75, 3.05) is 20.1 Å². The molecule has 3 nitrogen and oxygen atoms in total. The fourth-order valence-electron chi connectivity index (χ4n) is 2.38. The highest BCUT2D eigenvalue weighted by atomic mass is 35.5. The van der Waals surface area contributed by atoms with Crippen molar-refractivity contribution in [2.45, 2.75) is 38.9 Å². The standard InChI is InChI=1S/C16H23F3N2O.ClH/c1-4-21(15(22)9-6-10-20-3)12(2)13-7-5-8-14(11-13)16(17,18)19;/h5,7-8,11-12,20H,4,6,9-10H2,1-3H3;1H. The van der Waals surface area contributed by atoms with Gasteiger partial charge >= 0.3 is 6.18 Å². The van der Waals surface area contributed by atoms with Gasteiger partial charge in [-0.1, -0.05) is 12.1 Å². The lowest BCUT2D eigenvalue weighted by molar-refractivity contribution is -0.137. The Balaban J connectivity index is 0.00000484. The number of nitrogens with zero attached hydrogens (tertiary/aromatic N) is 1. The molecule has 1 rings (SSSR count). The molecule has 0 saturated heterocycles. The van der Waals surface area contributed by atoms with Gasteiger partial charge in [0.2, 0.25) is 5.91 Å². The van der Waals surface area contributed by atoms with E-state index in [0.717, 1.165) is 18.7 Å². The van der Waals surface area contributed by atoms with Crippen LogP contribution in [0.15, 0.2) is 24.3 Å². The highest BCUT2D eigenvalue weighted by Crippen LogP contribution is 2.32. The normalized spacial score (nSPS) is 12.4. The molecule has 0 aliphatic rings. The Morgan fingerprint density at radius 3 is 2.52 bits per heavy atom. The molecule has 1 amide bonds. The van der Waals surface area contributed by atoms with Gasteiger partial charge in [0.05, 0.1) is 11.6 Å². The Kier molecular flexibility index (Phi) is 9.24. The minimum atomic E-state index is -4.37. The van der Waals surface area contributed by atoms with E-state index in [1.807, 2.05) is 14.0 Å². The fraction of sp³-hybridized carbons (Fsp3) is 0.562. The molecule has 1 aromatic rings. The second-order valence-corrected chi connectivity index (χ2v) is 5.19. The van der Waals surface area contributed by atoms with Crippen molar-refractivity contribution < 1.29 is 18.0 Å². The van der Waals surface area contributed by atoms with Crippen molar-refractivity contribution in [2.24, 2.45) is 0 Å². The molecular formula is C16H24ClF3N2O. The number of alkyl halides is 3. The number of hydrogen-bond donors (Lipinski definition) is 1. The van der Waals surface area contributed by atoms with Crippen LogP contribution in [0.4, 0.5) is 13.2 Å². The summed E-state index contributed by atoms with van der Waals surface area (Å²) in [4.78, 5) is 13.8. The Labute approximate surface area is 141 Å². The fourth-order valence-corrected chi connectivity index (χ4v) is 2.38. The molecule has 0 spiro atoms. The number of carbonyl (C=O) groups excluding carboxylic acids is 1. The molecule has 0 bridgehead atoms. The smallest absolute Gasteiger partial charge is 0.336 e. The lowest BCUT2D eigenvalue weighted by Gasteiger charge is -2.29. The molecule has 0 fully saturated rings. The summed E-state index contributed by atoms with van der Waals surface area (Å²) in [6.45, 7) is 4.80. The topological polar surface area (TPSA) is 32.3 Å². The van der Waals surface area contributed by atoms with Crippen LogP contribution in [0.1, 0.15) is 43.9 Å². The molecule has 0 aliphatic heterocycles. The summed E-state index contributed by atoms with van der Waals surface area (Å²) in [6.07, 6.45) is -3.28. The van der Waals surface area contributed by atoms with Crippen molar-refractivity contribution in [3.8, 4) is 0 Å². The van der Waals surface area contributed by atoms with Gasteiger partial charge in [0.15, 0.2) is 0 Å². The maximum atomic E-state index is 12.8. The van der Waals surface area contributed by atoms with E-state index in [4.69, 9.17) is 0 Å². The van der Waals surface area contributed by atoms with E-state index in [0.29, 0.717) is 24.9 Å². The van der Waals surface area contributed by atoms with Crippen LogP contribution in [0.25, 0.3) is 0 Å². The molecule has 1 unspecified atom stereocenters. The highest BCUT2D eigenvalue weighted by Gasteiger charge is 2.31. The minimum absolute atomic E-state index is 0. The van der Waals surface area contributed by atoms with Gasteiger partial charge in [-0.2, -0.15) is 13.2 Å². The predicted molar refractivity (Wildman–Crippen MR) is 87.7 cm³/mol. The number of rotatable bonds is 7. The van der Waals surface area contributed by atoms with Gasteiger partial charge < -0.3 is 10.2 Å². The van der Waals surface area contributed by atoms with Gasteiger partial charge in [-0.05, 0) is 51.6 Å². The van der Waals surface area contributed by atoms with Crippen molar-refractivity contribution in [3.05, 3.63) is 35.4 Å². The number of benzene rings is 1. The third-order valence-corrected chi connectivity index (χ3v) is 3.64. The van der Waals surface area contributed by atoms with Crippen molar-refractivity contribution in [1.82, 2.24) is 10.2 Å². The molecule has 23 heavy (non-hydrogen) atoms. The quantitative estimate of drug-likeness (QED) is 0.751. The van der Waals surface area contributed by atoms with Gasteiger partial charge in [-0.15, -0.1) is 12.4 Å². The van der Waals surface area contributed by atoms with Crippen LogP contribution in [0, 0.1) is 0 Å². The maximum absolute atomic E-state index is 12.8. The van der Waals surface area contributed by atoms with E-state index < -0.39 is 11.7 Å². The van der Waals surface area contributed by atoms with E-state index in [9.17, 15) is 18.0 Å². The van der Waals surface area contributed by atoms with Gasteiger partial charge in [0.1, 0.15) is 0 Å². The summed E-state index contributed by atoms with van der Waals surface area (Å²) in [6, 6.07) is 4.79. The molecule has 0 radical (unpaired) electrons. The summed E-state index contributed by atoms with van der Waals surface area (Å²) in [5, 5.41) is 2.97. The molecule has 0 aromatic heterocycles. The number of nitrogens with one attached hydrogen (secondary N) is 1. The molecule has 132 valence electrons.